The normalized spacial score (nSPS) is 11.2. The van der Waals surface area contributed by atoms with E-state index < -0.39 is 10.4 Å². The molecule has 0 bridgehead atoms. The number of rotatable bonds is 3. The molecule has 0 saturated carbocycles. The first-order valence-corrected chi connectivity index (χ1v) is 7.57. The summed E-state index contributed by atoms with van der Waals surface area (Å²) in [5.41, 5.74) is 1.09. The lowest BCUT2D eigenvalue weighted by Crippen LogP contribution is -2.34. The fraction of sp³-hybridized carbons (Fsp3) is 0.462. The second-order valence-electron chi connectivity index (χ2n) is 5.37. The SMILES string of the molecule is CN(C)C(=O)Oc1cccc([N+](C)(C)C)c1.COS(=O)(=O)O. The van der Waals surface area contributed by atoms with Gasteiger partial charge in [-0.2, -0.15) is 8.42 Å². The van der Waals surface area contributed by atoms with E-state index in [2.05, 4.69) is 25.3 Å². The minimum atomic E-state index is -4.16. The van der Waals surface area contributed by atoms with Crippen molar-refractivity contribution in [3.63, 3.8) is 0 Å². The van der Waals surface area contributed by atoms with E-state index in [1.54, 1.807) is 20.2 Å². The van der Waals surface area contributed by atoms with E-state index in [9.17, 15) is 13.2 Å². The number of hydrogen-bond acceptors (Lipinski definition) is 5. The summed E-state index contributed by atoms with van der Waals surface area (Å²) < 4.78 is 35.6. The van der Waals surface area contributed by atoms with Gasteiger partial charge in [0.1, 0.15) is 11.4 Å². The van der Waals surface area contributed by atoms with Gasteiger partial charge in [-0.1, -0.05) is 6.07 Å². The smallest absolute Gasteiger partial charge is 0.410 e. The molecule has 0 aliphatic rings. The molecular weight excluding hydrogens is 312 g/mol. The summed E-state index contributed by atoms with van der Waals surface area (Å²) >= 11 is 0. The lowest BCUT2D eigenvalue weighted by Gasteiger charge is -2.23. The van der Waals surface area contributed by atoms with Crippen molar-refractivity contribution in [3.8, 4) is 5.75 Å². The van der Waals surface area contributed by atoms with E-state index >= 15 is 0 Å². The van der Waals surface area contributed by atoms with Crippen LogP contribution in [0.25, 0.3) is 0 Å². The Balaban J connectivity index is 0.000000626. The van der Waals surface area contributed by atoms with E-state index in [4.69, 9.17) is 9.29 Å². The number of hydrogen-bond donors (Lipinski definition) is 1. The molecule has 0 heterocycles. The van der Waals surface area contributed by atoms with Crippen molar-refractivity contribution in [1.29, 1.82) is 0 Å². The second kappa shape index (κ2) is 8.08. The molecule has 1 amide bonds. The minimum absolute atomic E-state index is 0.362. The third-order valence-corrected chi connectivity index (χ3v) is 2.79. The molecular formula is C13H23N2O6S+. The Kier molecular flexibility index (Phi) is 7.47. The molecule has 126 valence electrons. The van der Waals surface area contributed by atoms with Crippen LogP contribution in [-0.2, 0) is 14.6 Å². The maximum Gasteiger partial charge on any atom is 0.414 e. The third-order valence-electron chi connectivity index (χ3n) is 2.37. The van der Waals surface area contributed by atoms with Gasteiger partial charge >= 0.3 is 16.5 Å². The van der Waals surface area contributed by atoms with Gasteiger partial charge in [-0.05, 0) is 12.1 Å². The van der Waals surface area contributed by atoms with E-state index in [0.717, 1.165) is 12.8 Å². The number of quaternary nitrogens is 1. The summed E-state index contributed by atoms with van der Waals surface area (Å²) in [6.45, 7) is 0. The van der Waals surface area contributed by atoms with Crippen LogP contribution in [-0.4, -0.2) is 66.3 Å². The van der Waals surface area contributed by atoms with Crippen molar-refractivity contribution in [2.24, 2.45) is 0 Å². The van der Waals surface area contributed by atoms with Gasteiger partial charge in [-0.3, -0.25) is 13.2 Å². The van der Waals surface area contributed by atoms with Crippen LogP contribution in [0.1, 0.15) is 0 Å². The quantitative estimate of drug-likeness (QED) is 0.662. The highest BCUT2D eigenvalue weighted by Gasteiger charge is 2.14. The van der Waals surface area contributed by atoms with Gasteiger partial charge in [0.25, 0.3) is 0 Å². The molecule has 0 aliphatic heterocycles. The fourth-order valence-corrected chi connectivity index (χ4v) is 1.16. The zero-order valence-corrected chi connectivity index (χ0v) is 14.4. The van der Waals surface area contributed by atoms with Crippen LogP contribution >= 0.6 is 0 Å². The van der Waals surface area contributed by atoms with Crippen molar-refractivity contribution >= 4 is 22.2 Å². The molecule has 0 spiro atoms. The Labute approximate surface area is 131 Å². The summed E-state index contributed by atoms with van der Waals surface area (Å²) in [5.74, 6) is 0.573. The van der Waals surface area contributed by atoms with Crippen LogP contribution in [0.15, 0.2) is 24.3 Å². The first-order chi connectivity index (χ1) is 9.86. The molecule has 8 nitrogen and oxygen atoms in total. The number of ether oxygens (including phenoxy) is 1. The van der Waals surface area contributed by atoms with E-state index in [1.807, 2.05) is 18.2 Å². The molecule has 9 heteroatoms. The topological polar surface area (TPSA) is 93.1 Å². The van der Waals surface area contributed by atoms with Crippen molar-refractivity contribution in [2.75, 3.05) is 42.3 Å². The number of nitrogens with zero attached hydrogens (tertiary/aromatic N) is 2. The zero-order chi connectivity index (χ0) is 17.6. The summed E-state index contributed by atoms with van der Waals surface area (Å²) in [4.78, 5) is 12.8. The summed E-state index contributed by atoms with van der Waals surface area (Å²) in [6, 6.07) is 7.55. The molecule has 1 aromatic rings. The van der Waals surface area contributed by atoms with Gasteiger partial charge in [0.15, 0.2) is 0 Å². The summed E-state index contributed by atoms with van der Waals surface area (Å²) in [6.07, 6.45) is -0.362. The van der Waals surface area contributed by atoms with E-state index in [-0.39, 0.29) is 6.09 Å². The molecule has 0 saturated heterocycles. The molecule has 0 atom stereocenters. The van der Waals surface area contributed by atoms with Crippen molar-refractivity contribution in [3.05, 3.63) is 24.3 Å². The van der Waals surface area contributed by atoms with Gasteiger partial charge in [-0.15, -0.1) is 0 Å². The highest BCUT2D eigenvalue weighted by atomic mass is 32.3. The fourth-order valence-electron chi connectivity index (χ4n) is 1.16. The Morgan fingerprint density at radius 1 is 1.23 bits per heavy atom. The number of benzene rings is 1. The standard InChI is InChI=1S/C12H19N2O2.CH4O4S/c1-13(2)12(15)16-11-8-6-7-10(9-11)14(3,4)5;1-5-6(2,3)4/h6-9H,1-5H3;1H3,(H,2,3,4)/q+1;. The van der Waals surface area contributed by atoms with Crippen LogP contribution in [0.4, 0.5) is 10.5 Å². The number of amides is 1. The van der Waals surface area contributed by atoms with Crippen LogP contribution in [0.2, 0.25) is 0 Å². The molecule has 0 unspecified atom stereocenters. The van der Waals surface area contributed by atoms with Gasteiger partial charge in [-0.25, -0.2) is 4.79 Å². The van der Waals surface area contributed by atoms with Gasteiger partial charge in [0.05, 0.1) is 28.3 Å². The molecule has 22 heavy (non-hydrogen) atoms. The molecule has 0 fully saturated rings. The van der Waals surface area contributed by atoms with E-state index in [1.165, 1.54) is 4.90 Å². The Morgan fingerprint density at radius 2 is 1.73 bits per heavy atom. The summed E-state index contributed by atoms with van der Waals surface area (Å²) in [7, 11) is 6.21. The molecule has 1 aromatic carbocycles. The van der Waals surface area contributed by atoms with E-state index in [0.29, 0.717) is 10.2 Å². The maximum absolute atomic E-state index is 11.4. The molecule has 1 rings (SSSR count). The Morgan fingerprint density at radius 3 is 2.09 bits per heavy atom. The molecule has 0 radical (unpaired) electrons. The van der Waals surface area contributed by atoms with Gasteiger partial charge in [0, 0.05) is 20.2 Å². The summed E-state index contributed by atoms with van der Waals surface area (Å²) in [5, 5.41) is 0. The molecule has 0 aromatic heterocycles. The van der Waals surface area contributed by atoms with Gasteiger partial charge < -0.3 is 9.64 Å². The van der Waals surface area contributed by atoms with Gasteiger partial charge in [0.2, 0.25) is 0 Å². The number of carbonyl (C=O) groups is 1. The highest BCUT2D eigenvalue weighted by molar-refractivity contribution is 7.80. The Bertz CT molecular complexity index is 593. The average Bonchev–Trinajstić information content (AvgIpc) is 2.38. The monoisotopic (exact) mass is 335 g/mol. The van der Waals surface area contributed by atoms with Crippen LogP contribution in [0, 0.1) is 0 Å². The second-order valence-corrected chi connectivity index (χ2v) is 6.56. The van der Waals surface area contributed by atoms with Crippen LogP contribution in [0.3, 0.4) is 0 Å². The third kappa shape index (κ3) is 8.57. The van der Waals surface area contributed by atoms with Crippen LogP contribution in [0.5, 0.6) is 5.75 Å². The maximum atomic E-state index is 11.4. The lowest BCUT2D eigenvalue weighted by atomic mass is 10.2. The first kappa shape index (κ1) is 20.3. The average molecular weight is 335 g/mol. The molecule has 1 N–H and O–H groups in total. The van der Waals surface area contributed by atoms with Crippen molar-refractivity contribution < 1.29 is 26.7 Å². The predicted octanol–water partition coefficient (Wildman–Crippen LogP) is 1.38. The zero-order valence-electron chi connectivity index (χ0n) is 13.6. The highest BCUT2D eigenvalue weighted by Crippen LogP contribution is 2.22. The largest absolute Gasteiger partial charge is 0.414 e. The van der Waals surface area contributed by atoms with Crippen molar-refractivity contribution in [2.45, 2.75) is 0 Å². The Hall–Kier alpha value is -1.68. The first-order valence-electron chi connectivity index (χ1n) is 6.21. The number of carbonyl (C=O) groups excluding carboxylic acids is 1. The molecule has 0 aliphatic carbocycles. The predicted molar refractivity (Wildman–Crippen MR) is 84.3 cm³/mol. The lowest BCUT2D eigenvalue weighted by molar-refractivity contribution is 0.172. The minimum Gasteiger partial charge on any atom is -0.410 e. The van der Waals surface area contributed by atoms with Crippen molar-refractivity contribution in [1.82, 2.24) is 9.38 Å². The van der Waals surface area contributed by atoms with Crippen LogP contribution < -0.4 is 9.22 Å².